The zero-order valence-corrected chi connectivity index (χ0v) is 9.85. The van der Waals surface area contributed by atoms with Crippen molar-refractivity contribution in [2.75, 3.05) is 0 Å². The van der Waals surface area contributed by atoms with E-state index in [0.29, 0.717) is 0 Å². The van der Waals surface area contributed by atoms with Crippen LogP contribution in [0.2, 0.25) is 0 Å². The lowest BCUT2D eigenvalue weighted by molar-refractivity contribution is -0.119. The van der Waals surface area contributed by atoms with Gasteiger partial charge in [0.15, 0.2) is 0 Å². The van der Waals surface area contributed by atoms with Gasteiger partial charge in [-0.15, -0.1) is 13.2 Å². The minimum atomic E-state index is -4.66. The smallest absolute Gasteiger partial charge is 0.383 e. The Morgan fingerprint density at radius 2 is 1.53 bits per heavy atom. The third-order valence-corrected chi connectivity index (χ3v) is 2.51. The molecular formula is C14H11F3N2. The molecule has 0 aliphatic rings. The second kappa shape index (κ2) is 5.14. The number of halogens is 3. The third-order valence-electron chi connectivity index (χ3n) is 2.51. The Hall–Kier alpha value is -2.30. The highest BCUT2D eigenvalue weighted by molar-refractivity contribution is 5.98. The SMILES string of the molecule is NC(=NC(F)(F)F)c1cccc(-c2ccccc2)c1. The number of nitrogens with zero attached hydrogens (tertiary/aromatic N) is 1. The van der Waals surface area contributed by atoms with Crippen LogP contribution in [0.25, 0.3) is 11.1 Å². The molecule has 5 heteroatoms. The molecule has 0 radical (unpaired) electrons. The maximum Gasteiger partial charge on any atom is 0.505 e. The van der Waals surface area contributed by atoms with Crippen molar-refractivity contribution in [1.29, 1.82) is 0 Å². The van der Waals surface area contributed by atoms with Gasteiger partial charge in [-0.05, 0) is 17.2 Å². The van der Waals surface area contributed by atoms with Crippen molar-refractivity contribution >= 4 is 5.84 Å². The first-order chi connectivity index (χ1) is 8.96. The van der Waals surface area contributed by atoms with Crippen molar-refractivity contribution in [3.63, 3.8) is 0 Å². The maximum atomic E-state index is 12.1. The van der Waals surface area contributed by atoms with E-state index in [0.717, 1.165) is 11.1 Å². The highest BCUT2D eigenvalue weighted by atomic mass is 19.4. The molecule has 0 bridgehead atoms. The van der Waals surface area contributed by atoms with E-state index in [9.17, 15) is 13.2 Å². The average Bonchev–Trinajstić information content (AvgIpc) is 2.38. The molecule has 2 rings (SSSR count). The van der Waals surface area contributed by atoms with Crippen LogP contribution in [0.15, 0.2) is 59.6 Å². The molecule has 0 aliphatic carbocycles. The van der Waals surface area contributed by atoms with Crippen molar-refractivity contribution in [2.24, 2.45) is 10.7 Å². The van der Waals surface area contributed by atoms with Gasteiger partial charge in [-0.3, -0.25) is 0 Å². The van der Waals surface area contributed by atoms with Gasteiger partial charge in [-0.25, -0.2) is 0 Å². The summed E-state index contributed by atoms with van der Waals surface area (Å²) in [6, 6.07) is 15.9. The fourth-order valence-corrected chi connectivity index (χ4v) is 1.69. The molecule has 2 aromatic rings. The highest BCUT2D eigenvalue weighted by Gasteiger charge is 2.26. The van der Waals surface area contributed by atoms with Crippen LogP contribution in [0.4, 0.5) is 13.2 Å². The number of amidine groups is 1. The van der Waals surface area contributed by atoms with E-state index in [2.05, 4.69) is 4.99 Å². The van der Waals surface area contributed by atoms with Gasteiger partial charge in [0.1, 0.15) is 5.84 Å². The molecule has 2 nitrogen and oxygen atoms in total. The van der Waals surface area contributed by atoms with Crippen LogP contribution in [-0.2, 0) is 0 Å². The minimum absolute atomic E-state index is 0.249. The van der Waals surface area contributed by atoms with E-state index in [-0.39, 0.29) is 5.56 Å². The zero-order chi connectivity index (χ0) is 13.9. The van der Waals surface area contributed by atoms with Crippen molar-refractivity contribution in [3.05, 3.63) is 60.2 Å². The second-order valence-corrected chi connectivity index (χ2v) is 3.91. The highest BCUT2D eigenvalue weighted by Crippen LogP contribution is 2.21. The molecule has 0 amide bonds. The van der Waals surface area contributed by atoms with Crippen molar-refractivity contribution in [2.45, 2.75) is 6.30 Å². The molecule has 0 heterocycles. The fraction of sp³-hybridized carbons (Fsp3) is 0.0714. The summed E-state index contributed by atoms with van der Waals surface area (Å²) in [5.41, 5.74) is 7.30. The first-order valence-corrected chi connectivity index (χ1v) is 5.53. The Balaban J connectivity index is 2.38. The Labute approximate surface area is 108 Å². The minimum Gasteiger partial charge on any atom is -0.383 e. The summed E-state index contributed by atoms with van der Waals surface area (Å²) in [4.78, 5) is 2.51. The Kier molecular flexibility index (Phi) is 3.55. The van der Waals surface area contributed by atoms with Crippen LogP contribution in [0.3, 0.4) is 0 Å². The summed E-state index contributed by atoms with van der Waals surface area (Å²) < 4.78 is 36.4. The summed E-state index contributed by atoms with van der Waals surface area (Å²) in [6.45, 7) is 0. The van der Waals surface area contributed by atoms with Crippen LogP contribution in [0.5, 0.6) is 0 Å². The quantitative estimate of drug-likeness (QED) is 0.502. The Morgan fingerprint density at radius 3 is 2.16 bits per heavy atom. The number of hydrogen-bond donors (Lipinski definition) is 1. The number of benzene rings is 2. The van der Waals surface area contributed by atoms with Gasteiger partial charge in [-0.1, -0.05) is 48.5 Å². The predicted molar refractivity (Wildman–Crippen MR) is 68.7 cm³/mol. The lowest BCUT2D eigenvalue weighted by Gasteiger charge is -2.06. The summed E-state index contributed by atoms with van der Waals surface area (Å²) in [6.07, 6.45) is -4.66. The lowest BCUT2D eigenvalue weighted by Crippen LogP contribution is -2.18. The fourth-order valence-electron chi connectivity index (χ4n) is 1.69. The Morgan fingerprint density at radius 1 is 0.895 bits per heavy atom. The molecule has 0 unspecified atom stereocenters. The van der Waals surface area contributed by atoms with E-state index >= 15 is 0 Å². The number of nitrogens with two attached hydrogens (primary N) is 1. The van der Waals surface area contributed by atoms with Gasteiger partial charge in [0.25, 0.3) is 0 Å². The van der Waals surface area contributed by atoms with Crippen LogP contribution >= 0.6 is 0 Å². The molecule has 0 aromatic heterocycles. The molecule has 0 atom stereocenters. The van der Waals surface area contributed by atoms with E-state index in [1.165, 1.54) is 6.07 Å². The van der Waals surface area contributed by atoms with Crippen LogP contribution < -0.4 is 5.73 Å². The molecule has 0 aliphatic heterocycles. The summed E-state index contributed by atoms with van der Waals surface area (Å²) in [5, 5.41) is 0. The summed E-state index contributed by atoms with van der Waals surface area (Å²) in [5.74, 6) is -0.537. The van der Waals surface area contributed by atoms with Gasteiger partial charge in [0, 0.05) is 5.56 Å². The van der Waals surface area contributed by atoms with Crippen molar-refractivity contribution in [3.8, 4) is 11.1 Å². The third kappa shape index (κ3) is 3.58. The molecule has 0 spiro atoms. The normalized spacial score (nSPS) is 12.5. The first kappa shape index (κ1) is 13.1. The van der Waals surface area contributed by atoms with Gasteiger partial charge in [0.05, 0.1) is 0 Å². The number of aliphatic imine (C=N–C) groups is 1. The molecule has 2 N–H and O–H groups in total. The van der Waals surface area contributed by atoms with Crippen LogP contribution in [0, 0.1) is 0 Å². The summed E-state index contributed by atoms with van der Waals surface area (Å²) >= 11 is 0. The van der Waals surface area contributed by atoms with Gasteiger partial charge in [0.2, 0.25) is 0 Å². The summed E-state index contributed by atoms with van der Waals surface area (Å²) in [7, 11) is 0. The van der Waals surface area contributed by atoms with Gasteiger partial charge >= 0.3 is 6.30 Å². The Bertz CT molecular complexity index is 589. The lowest BCUT2D eigenvalue weighted by atomic mass is 10.0. The van der Waals surface area contributed by atoms with Crippen LogP contribution in [-0.4, -0.2) is 12.1 Å². The number of hydrogen-bond acceptors (Lipinski definition) is 1. The molecule has 19 heavy (non-hydrogen) atoms. The number of alkyl halides is 3. The topological polar surface area (TPSA) is 38.4 Å². The molecule has 2 aromatic carbocycles. The standard InChI is InChI=1S/C14H11F3N2/c15-14(16,17)19-13(18)12-8-4-7-11(9-12)10-5-2-1-3-6-10/h1-9H,(H2,18,19). The van der Waals surface area contributed by atoms with E-state index in [1.807, 2.05) is 30.3 Å². The molecule has 0 saturated heterocycles. The van der Waals surface area contributed by atoms with Gasteiger partial charge in [-0.2, -0.15) is 4.99 Å². The zero-order valence-electron chi connectivity index (χ0n) is 9.85. The van der Waals surface area contributed by atoms with E-state index < -0.39 is 12.1 Å². The monoisotopic (exact) mass is 264 g/mol. The maximum absolute atomic E-state index is 12.1. The van der Waals surface area contributed by atoms with Gasteiger partial charge < -0.3 is 5.73 Å². The second-order valence-electron chi connectivity index (χ2n) is 3.91. The largest absolute Gasteiger partial charge is 0.505 e. The average molecular weight is 264 g/mol. The molecule has 0 saturated carbocycles. The molecular weight excluding hydrogens is 253 g/mol. The van der Waals surface area contributed by atoms with Crippen molar-refractivity contribution in [1.82, 2.24) is 0 Å². The van der Waals surface area contributed by atoms with Crippen molar-refractivity contribution < 1.29 is 13.2 Å². The van der Waals surface area contributed by atoms with Crippen LogP contribution in [0.1, 0.15) is 5.56 Å². The molecule has 98 valence electrons. The van der Waals surface area contributed by atoms with E-state index in [1.54, 1.807) is 18.2 Å². The van der Waals surface area contributed by atoms with E-state index in [4.69, 9.17) is 5.73 Å². The number of rotatable bonds is 2. The molecule has 0 fully saturated rings. The predicted octanol–water partition coefficient (Wildman–Crippen LogP) is 3.58. The first-order valence-electron chi connectivity index (χ1n) is 5.53.